The monoisotopic (exact) mass is 274 g/mol. The van der Waals surface area contributed by atoms with Gasteiger partial charge in [0.1, 0.15) is 0 Å². The van der Waals surface area contributed by atoms with Gasteiger partial charge in [0.15, 0.2) is 0 Å². The lowest BCUT2D eigenvalue weighted by atomic mass is 9.99. The molecule has 2 atom stereocenters. The van der Waals surface area contributed by atoms with Gasteiger partial charge < -0.3 is 5.32 Å². The van der Waals surface area contributed by atoms with Gasteiger partial charge in [-0.25, -0.2) is 0 Å². The Morgan fingerprint density at radius 2 is 1.95 bits per heavy atom. The third-order valence-corrected chi connectivity index (χ3v) is 4.41. The van der Waals surface area contributed by atoms with Crippen molar-refractivity contribution in [1.29, 1.82) is 0 Å². The van der Waals surface area contributed by atoms with Gasteiger partial charge in [0.25, 0.3) is 0 Å². The van der Waals surface area contributed by atoms with E-state index in [0.717, 1.165) is 24.9 Å². The van der Waals surface area contributed by atoms with E-state index < -0.39 is 0 Å². The third-order valence-electron chi connectivity index (χ3n) is 4.41. The van der Waals surface area contributed by atoms with Crippen LogP contribution in [0.5, 0.6) is 0 Å². The number of benzene rings is 1. The first-order valence-corrected chi connectivity index (χ1v) is 8.20. The van der Waals surface area contributed by atoms with Crippen LogP contribution in [0.15, 0.2) is 30.3 Å². The Labute approximate surface area is 124 Å². The first-order valence-electron chi connectivity index (χ1n) is 8.20. The number of hydrogen-bond acceptors (Lipinski definition) is 2. The Balaban J connectivity index is 1.84. The Kier molecular flexibility index (Phi) is 6.06. The molecule has 1 aromatic carbocycles. The molecule has 0 spiro atoms. The Hall–Kier alpha value is -0.860. The lowest BCUT2D eigenvalue weighted by molar-refractivity contribution is 0.225. The summed E-state index contributed by atoms with van der Waals surface area (Å²) in [6.45, 7) is 11.6. The average Bonchev–Trinajstić information content (AvgIpc) is 2.94. The van der Waals surface area contributed by atoms with E-state index in [2.05, 4.69) is 61.3 Å². The molecule has 0 aromatic heterocycles. The van der Waals surface area contributed by atoms with Crippen molar-refractivity contribution in [3.8, 4) is 0 Å². The van der Waals surface area contributed by atoms with Crippen molar-refractivity contribution in [3.05, 3.63) is 35.9 Å². The van der Waals surface area contributed by atoms with Crippen molar-refractivity contribution in [1.82, 2.24) is 10.2 Å². The maximum Gasteiger partial charge on any atom is 0.0218 e. The van der Waals surface area contributed by atoms with E-state index in [4.69, 9.17) is 0 Å². The molecule has 0 radical (unpaired) electrons. The largest absolute Gasteiger partial charge is 0.315 e. The van der Waals surface area contributed by atoms with Crippen molar-refractivity contribution >= 4 is 0 Å². The van der Waals surface area contributed by atoms with E-state index in [1.807, 2.05) is 0 Å². The normalized spacial score (nSPS) is 21.5. The van der Waals surface area contributed by atoms with Gasteiger partial charge in [-0.15, -0.1) is 0 Å². The highest BCUT2D eigenvalue weighted by atomic mass is 15.2. The molecular formula is C18H30N2. The molecule has 2 heteroatoms. The van der Waals surface area contributed by atoms with Crippen LogP contribution >= 0.6 is 0 Å². The summed E-state index contributed by atoms with van der Waals surface area (Å²) in [4.78, 5) is 2.69. The summed E-state index contributed by atoms with van der Waals surface area (Å²) in [7, 11) is 0. The zero-order chi connectivity index (χ0) is 14.4. The van der Waals surface area contributed by atoms with Crippen LogP contribution < -0.4 is 5.32 Å². The fourth-order valence-corrected chi connectivity index (χ4v) is 3.19. The molecule has 20 heavy (non-hydrogen) atoms. The van der Waals surface area contributed by atoms with Crippen LogP contribution in [0.2, 0.25) is 0 Å². The van der Waals surface area contributed by atoms with Gasteiger partial charge in [0.2, 0.25) is 0 Å². The van der Waals surface area contributed by atoms with Gasteiger partial charge in [-0.3, -0.25) is 4.90 Å². The molecule has 2 nitrogen and oxygen atoms in total. The van der Waals surface area contributed by atoms with E-state index in [1.165, 1.54) is 31.5 Å². The zero-order valence-electron chi connectivity index (χ0n) is 13.3. The smallest absolute Gasteiger partial charge is 0.0218 e. The quantitative estimate of drug-likeness (QED) is 0.818. The van der Waals surface area contributed by atoms with Gasteiger partial charge >= 0.3 is 0 Å². The second-order valence-corrected chi connectivity index (χ2v) is 6.51. The maximum absolute atomic E-state index is 3.63. The number of nitrogens with zero attached hydrogens (tertiary/aromatic N) is 1. The molecule has 1 aliphatic heterocycles. The zero-order valence-corrected chi connectivity index (χ0v) is 13.3. The first-order chi connectivity index (χ1) is 9.70. The summed E-state index contributed by atoms with van der Waals surface area (Å²) < 4.78 is 0. The van der Waals surface area contributed by atoms with Crippen LogP contribution in [0, 0.1) is 5.92 Å². The van der Waals surface area contributed by atoms with Gasteiger partial charge in [-0.2, -0.15) is 0 Å². The number of hydrogen-bond donors (Lipinski definition) is 1. The molecule has 0 amide bonds. The molecule has 1 N–H and O–H groups in total. The van der Waals surface area contributed by atoms with Gasteiger partial charge in [-0.05, 0) is 43.3 Å². The molecule has 0 saturated carbocycles. The average molecular weight is 274 g/mol. The van der Waals surface area contributed by atoms with Crippen LogP contribution in [0.3, 0.4) is 0 Å². The summed E-state index contributed by atoms with van der Waals surface area (Å²) in [6, 6.07) is 11.7. The van der Waals surface area contributed by atoms with Gasteiger partial charge in [-0.1, -0.05) is 51.1 Å². The van der Waals surface area contributed by atoms with Crippen molar-refractivity contribution in [2.45, 2.75) is 45.6 Å². The minimum atomic E-state index is 0.697. The topological polar surface area (TPSA) is 15.3 Å². The molecular weight excluding hydrogens is 244 g/mol. The second-order valence-electron chi connectivity index (χ2n) is 6.51. The highest BCUT2D eigenvalue weighted by molar-refractivity contribution is 5.21. The highest BCUT2D eigenvalue weighted by Crippen LogP contribution is 2.28. The standard InChI is InChI=1S/C18H30N2/c1-4-18(13-19-12-15(2)3)20-11-10-17(14-20)16-8-6-5-7-9-16/h5-9,15,17-19H,4,10-14H2,1-3H3. The maximum atomic E-state index is 3.63. The molecule has 2 rings (SSSR count). The third kappa shape index (κ3) is 4.32. The summed E-state index contributed by atoms with van der Waals surface area (Å²) in [6.07, 6.45) is 2.55. The van der Waals surface area contributed by atoms with Crippen molar-refractivity contribution in [2.75, 3.05) is 26.2 Å². The summed E-state index contributed by atoms with van der Waals surface area (Å²) in [5, 5.41) is 3.63. The summed E-state index contributed by atoms with van der Waals surface area (Å²) in [5.74, 6) is 1.47. The van der Waals surface area contributed by atoms with Gasteiger partial charge in [0.05, 0.1) is 0 Å². The summed E-state index contributed by atoms with van der Waals surface area (Å²) >= 11 is 0. The van der Waals surface area contributed by atoms with Crippen LogP contribution in [0.4, 0.5) is 0 Å². The lowest BCUT2D eigenvalue weighted by Crippen LogP contribution is -2.41. The van der Waals surface area contributed by atoms with Crippen molar-refractivity contribution in [3.63, 3.8) is 0 Å². The van der Waals surface area contributed by atoms with E-state index in [1.54, 1.807) is 0 Å². The second kappa shape index (κ2) is 7.80. The Bertz CT molecular complexity index is 374. The minimum absolute atomic E-state index is 0.697. The molecule has 1 saturated heterocycles. The molecule has 2 unspecified atom stereocenters. The predicted molar refractivity (Wildman–Crippen MR) is 87.2 cm³/mol. The fourth-order valence-electron chi connectivity index (χ4n) is 3.19. The lowest BCUT2D eigenvalue weighted by Gasteiger charge is -2.27. The Morgan fingerprint density at radius 3 is 2.60 bits per heavy atom. The van der Waals surface area contributed by atoms with Crippen molar-refractivity contribution in [2.24, 2.45) is 5.92 Å². The van der Waals surface area contributed by atoms with Crippen LogP contribution in [-0.2, 0) is 0 Å². The van der Waals surface area contributed by atoms with Gasteiger partial charge in [0, 0.05) is 19.1 Å². The number of rotatable bonds is 7. The molecule has 1 aromatic rings. The predicted octanol–water partition coefficient (Wildman–Crippen LogP) is 3.50. The van der Waals surface area contributed by atoms with E-state index in [9.17, 15) is 0 Å². The van der Waals surface area contributed by atoms with E-state index in [-0.39, 0.29) is 0 Å². The van der Waals surface area contributed by atoms with Crippen LogP contribution in [0.25, 0.3) is 0 Å². The van der Waals surface area contributed by atoms with Crippen LogP contribution in [-0.4, -0.2) is 37.1 Å². The molecule has 1 aliphatic rings. The highest BCUT2D eigenvalue weighted by Gasteiger charge is 2.27. The Morgan fingerprint density at radius 1 is 1.20 bits per heavy atom. The van der Waals surface area contributed by atoms with E-state index >= 15 is 0 Å². The minimum Gasteiger partial charge on any atom is -0.315 e. The SMILES string of the molecule is CCC(CNCC(C)C)N1CCC(c2ccccc2)C1. The first kappa shape index (κ1) is 15.5. The summed E-state index contributed by atoms with van der Waals surface area (Å²) in [5.41, 5.74) is 1.51. The number of likely N-dealkylation sites (tertiary alicyclic amines) is 1. The van der Waals surface area contributed by atoms with E-state index in [0.29, 0.717) is 6.04 Å². The molecule has 1 heterocycles. The molecule has 112 valence electrons. The number of nitrogens with one attached hydrogen (secondary N) is 1. The molecule has 1 fully saturated rings. The van der Waals surface area contributed by atoms with Crippen LogP contribution in [0.1, 0.15) is 45.1 Å². The molecule has 0 aliphatic carbocycles. The fraction of sp³-hybridized carbons (Fsp3) is 0.667. The van der Waals surface area contributed by atoms with Crippen molar-refractivity contribution < 1.29 is 0 Å². The molecule has 0 bridgehead atoms.